The molecule has 15 heavy (non-hydrogen) atoms. The van der Waals surface area contributed by atoms with Gasteiger partial charge in [-0.05, 0) is 11.5 Å². The maximum atomic E-state index is 11.7. The van der Waals surface area contributed by atoms with Crippen LogP contribution in [0, 0.1) is 0 Å². The summed E-state index contributed by atoms with van der Waals surface area (Å²) in [7, 11) is -3.32. The van der Waals surface area contributed by atoms with Crippen LogP contribution in [0.3, 0.4) is 0 Å². The Labute approximate surface area is 93.1 Å². The van der Waals surface area contributed by atoms with Crippen molar-refractivity contribution in [2.75, 3.05) is 23.3 Å². The smallest absolute Gasteiger partial charge is 0.184 e. The zero-order valence-corrected chi connectivity index (χ0v) is 9.99. The third-order valence-electron chi connectivity index (χ3n) is 1.77. The summed E-state index contributed by atoms with van der Waals surface area (Å²) in [4.78, 5) is 0.108. The standard InChI is InChI=1S/C8H13N3O2S2/c1-3-5-10-8-6(7(9)11-14-8)15(12,13)4-2/h3,10H,1,4-5H2,2H3,(H2,9,11). The number of nitrogen functional groups attached to an aromatic ring is 1. The molecule has 0 saturated heterocycles. The summed E-state index contributed by atoms with van der Waals surface area (Å²) >= 11 is 1.05. The van der Waals surface area contributed by atoms with Gasteiger partial charge in [0.05, 0.1) is 5.75 Å². The molecule has 0 spiro atoms. The maximum Gasteiger partial charge on any atom is 0.184 e. The molecule has 1 aromatic rings. The lowest BCUT2D eigenvalue weighted by atomic mass is 10.5. The molecule has 84 valence electrons. The fourth-order valence-corrected chi connectivity index (χ4v) is 3.19. The van der Waals surface area contributed by atoms with Gasteiger partial charge in [0.25, 0.3) is 0 Å². The molecule has 0 atom stereocenters. The molecular formula is C8H13N3O2S2. The largest absolute Gasteiger partial charge is 0.382 e. The van der Waals surface area contributed by atoms with Crippen LogP contribution in [0.15, 0.2) is 17.6 Å². The maximum absolute atomic E-state index is 11.7. The van der Waals surface area contributed by atoms with Crippen LogP contribution >= 0.6 is 11.5 Å². The topological polar surface area (TPSA) is 85.1 Å². The molecule has 1 heterocycles. The first-order valence-corrected chi connectivity index (χ1v) is 6.78. The van der Waals surface area contributed by atoms with E-state index in [0.717, 1.165) is 11.5 Å². The number of hydrogen-bond acceptors (Lipinski definition) is 6. The quantitative estimate of drug-likeness (QED) is 0.761. The van der Waals surface area contributed by atoms with Crippen LogP contribution in [0.1, 0.15) is 6.92 Å². The van der Waals surface area contributed by atoms with Gasteiger partial charge in [-0.1, -0.05) is 13.0 Å². The molecule has 0 unspecified atom stereocenters. The molecule has 1 aromatic heterocycles. The molecule has 0 aromatic carbocycles. The molecular weight excluding hydrogens is 234 g/mol. The first kappa shape index (κ1) is 12.0. The summed E-state index contributed by atoms with van der Waals surface area (Å²) in [5.74, 6) is 0.0756. The first-order chi connectivity index (χ1) is 7.03. The summed E-state index contributed by atoms with van der Waals surface area (Å²) in [6.07, 6.45) is 1.64. The lowest BCUT2D eigenvalue weighted by Gasteiger charge is -2.04. The third-order valence-corrected chi connectivity index (χ3v) is 4.52. The van der Waals surface area contributed by atoms with E-state index in [-0.39, 0.29) is 16.5 Å². The minimum atomic E-state index is -3.32. The second-order valence-corrected chi connectivity index (χ2v) is 5.79. The molecule has 5 nitrogen and oxygen atoms in total. The van der Waals surface area contributed by atoms with Gasteiger partial charge in [-0.3, -0.25) is 0 Å². The second kappa shape index (κ2) is 4.63. The Morgan fingerprint density at radius 2 is 2.33 bits per heavy atom. The van der Waals surface area contributed by atoms with Gasteiger partial charge in [-0.15, -0.1) is 6.58 Å². The van der Waals surface area contributed by atoms with Crippen LogP contribution in [-0.2, 0) is 9.84 Å². The van der Waals surface area contributed by atoms with E-state index in [1.807, 2.05) is 0 Å². The summed E-state index contributed by atoms with van der Waals surface area (Å²) in [6, 6.07) is 0. The molecule has 0 bridgehead atoms. The number of anilines is 2. The lowest BCUT2D eigenvalue weighted by Crippen LogP contribution is -2.09. The van der Waals surface area contributed by atoms with Crippen LogP contribution < -0.4 is 11.1 Å². The number of nitrogens with zero attached hydrogens (tertiary/aromatic N) is 1. The first-order valence-electron chi connectivity index (χ1n) is 4.35. The van der Waals surface area contributed by atoms with Gasteiger partial charge in [0.1, 0.15) is 9.90 Å². The van der Waals surface area contributed by atoms with Gasteiger partial charge in [-0.2, -0.15) is 4.37 Å². The van der Waals surface area contributed by atoms with Crippen molar-refractivity contribution < 1.29 is 8.42 Å². The van der Waals surface area contributed by atoms with E-state index < -0.39 is 9.84 Å². The number of nitrogens with one attached hydrogen (secondary N) is 1. The number of rotatable bonds is 5. The fraction of sp³-hybridized carbons (Fsp3) is 0.375. The molecule has 0 amide bonds. The molecule has 0 saturated carbocycles. The van der Waals surface area contributed by atoms with Crippen LogP contribution in [0.5, 0.6) is 0 Å². The Morgan fingerprint density at radius 1 is 1.67 bits per heavy atom. The van der Waals surface area contributed by atoms with Crippen LogP contribution in [0.2, 0.25) is 0 Å². The van der Waals surface area contributed by atoms with Gasteiger partial charge >= 0.3 is 0 Å². The molecule has 7 heteroatoms. The summed E-state index contributed by atoms with van der Waals surface area (Å²) in [5.41, 5.74) is 5.53. The van der Waals surface area contributed by atoms with E-state index in [0.29, 0.717) is 11.5 Å². The van der Waals surface area contributed by atoms with Gasteiger partial charge in [0.2, 0.25) is 0 Å². The molecule has 3 N–H and O–H groups in total. The van der Waals surface area contributed by atoms with E-state index >= 15 is 0 Å². The molecule has 0 radical (unpaired) electrons. The summed E-state index contributed by atoms with van der Waals surface area (Å²) in [5, 5.41) is 3.38. The van der Waals surface area contributed by atoms with E-state index in [1.165, 1.54) is 0 Å². The molecule has 0 aliphatic heterocycles. The van der Waals surface area contributed by atoms with E-state index in [4.69, 9.17) is 5.73 Å². The van der Waals surface area contributed by atoms with Crippen molar-refractivity contribution in [3.8, 4) is 0 Å². The van der Waals surface area contributed by atoms with Crippen LogP contribution in [0.4, 0.5) is 10.8 Å². The van der Waals surface area contributed by atoms with Crippen molar-refractivity contribution in [1.29, 1.82) is 0 Å². The normalized spacial score (nSPS) is 11.3. The average molecular weight is 247 g/mol. The third kappa shape index (κ3) is 2.48. The minimum Gasteiger partial charge on any atom is -0.382 e. The van der Waals surface area contributed by atoms with Crippen LogP contribution in [-0.4, -0.2) is 25.1 Å². The van der Waals surface area contributed by atoms with E-state index in [2.05, 4.69) is 16.3 Å². The summed E-state index contributed by atoms with van der Waals surface area (Å²) < 4.78 is 27.2. The second-order valence-electron chi connectivity index (χ2n) is 2.80. The number of sulfone groups is 1. The molecule has 0 fully saturated rings. The zero-order valence-electron chi connectivity index (χ0n) is 8.36. The zero-order chi connectivity index (χ0) is 11.5. The van der Waals surface area contributed by atoms with Gasteiger partial charge < -0.3 is 11.1 Å². The molecule has 1 rings (SSSR count). The van der Waals surface area contributed by atoms with Crippen molar-refractivity contribution in [3.05, 3.63) is 12.7 Å². The Morgan fingerprint density at radius 3 is 2.87 bits per heavy atom. The highest BCUT2D eigenvalue weighted by atomic mass is 32.2. The highest BCUT2D eigenvalue weighted by Gasteiger charge is 2.23. The van der Waals surface area contributed by atoms with Gasteiger partial charge in [-0.25, -0.2) is 8.42 Å². The van der Waals surface area contributed by atoms with Gasteiger partial charge in [0, 0.05) is 6.54 Å². The highest BCUT2D eigenvalue weighted by Crippen LogP contribution is 2.31. The van der Waals surface area contributed by atoms with Crippen molar-refractivity contribution in [2.45, 2.75) is 11.8 Å². The van der Waals surface area contributed by atoms with Crippen molar-refractivity contribution in [2.24, 2.45) is 0 Å². The fourth-order valence-electron chi connectivity index (χ4n) is 1.02. The number of nitrogens with two attached hydrogens (primary N) is 1. The Kier molecular flexibility index (Phi) is 3.70. The monoisotopic (exact) mass is 247 g/mol. The van der Waals surface area contributed by atoms with Crippen molar-refractivity contribution in [1.82, 2.24) is 4.37 Å². The average Bonchev–Trinajstić information content (AvgIpc) is 2.57. The van der Waals surface area contributed by atoms with E-state index in [1.54, 1.807) is 13.0 Å². The SMILES string of the molecule is C=CCNc1snc(N)c1S(=O)(=O)CC. The van der Waals surface area contributed by atoms with E-state index in [9.17, 15) is 8.42 Å². The number of aromatic nitrogens is 1. The molecule has 0 aliphatic rings. The molecule has 0 aliphatic carbocycles. The minimum absolute atomic E-state index is 0.0123. The van der Waals surface area contributed by atoms with Crippen molar-refractivity contribution >= 4 is 32.2 Å². The van der Waals surface area contributed by atoms with Crippen LogP contribution in [0.25, 0.3) is 0 Å². The number of hydrogen-bond donors (Lipinski definition) is 2. The Bertz CT molecular complexity index is 450. The Hall–Kier alpha value is -1.08. The highest BCUT2D eigenvalue weighted by molar-refractivity contribution is 7.91. The lowest BCUT2D eigenvalue weighted by molar-refractivity contribution is 0.598. The Balaban J connectivity index is 3.15. The summed E-state index contributed by atoms with van der Waals surface area (Å²) in [6.45, 7) is 5.59. The van der Waals surface area contributed by atoms with Gasteiger partial charge in [0.15, 0.2) is 15.7 Å². The predicted octanol–water partition coefficient (Wildman–Crippen LogP) is 1.12. The predicted molar refractivity (Wildman–Crippen MR) is 62.9 cm³/mol. The van der Waals surface area contributed by atoms with Crippen molar-refractivity contribution in [3.63, 3.8) is 0 Å².